The van der Waals surface area contributed by atoms with Crippen LogP contribution in [0.3, 0.4) is 0 Å². The highest BCUT2D eigenvalue weighted by Gasteiger charge is 2.14. The van der Waals surface area contributed by atoms with Crippen LogP contribution in [0.4, 0.5) is 0 Å². The first-order chi connectivity index (χ1) is 5.77. The van der Waals surface area contributed by atoms with Gasteiger partial charge in [0.05, 0.1) is 0 Å². The van der Waals surface area contributed by atoms with Crippen LogP contribution in [0.15, 0.2) is 36.0 Å². The molecule has 0 aromatic rings. The van der Waals surface area contributed by atoms with Crippen molar-refractivity contribution in [3.8, 4) is 0 Å². The fourth-order valence-electron chi connectivity index (χ4n) is 1.40. The molecule has 1 rings (SSSR count). The minimum atomic E-state index is 1.05. The fourth-order valence-corrected chi connectivity index (χ4v) is 2.01. The van der Waals surface area contributed by atoms with Crippen molar-refractivity contribution in [2.24, 2.45) is 0 Å². The molecule has 1 aliphatic rings. The van der Waals surface area contributed by atoms with Gasteiger partial charge in [0.1, 0.15) is 0 Å². The maximum Gasteiger partial charge on any atom is 0.0335 e. The third-order valence-corrected chi connectivity index (χ3v) is 2.87. The number of hydrogen-bond acceptors (Lipinski definition) is 1. The smallest absolute Gasteiger partial charge is 0.0335 e. The molecule has 0 spiro atoms. The molecule has 1 aliphatic heterocycles. The van der Waals surface area contributed by atoms with Gasteiger partial charge in [-0.15, -0.1) is 0 Å². The molecular weight excluding hydrogens is 261 g/mol. The molecule has 0 unspecified atom stereocenters. The van der Waals surface area contributed by atoms with Crippen LogP contribution in [0.2, 0.25) is 0 Å². The van der Waals surface area contributed by atoms with Crippen molar-refractivity contribution in [3.05, 3.63) is 36.0 Å². The van der Waals surface area contributed by atoms with Crippen LogP contribution in [-0.4, -0.2) is 16.2 Å². The van der Waals surface area contributed by atoms with Crippen LogP contribution in [0.1, 0.15) is 13.3 Å². The molecule has 1 heterocycles. The third kappa shape index (κ3) is 2.45. The van der Waals surface area contributed by atoms with Gasteiger partial charge in [0.15, 0.2) is 0 Å². The molecule has 0 saturated carbocycles. The molecule has 0 radical (unpaired) electrons. The summed E-state index contributed by atoms with van der Waals surface area (Å²) in [5.74, 6) is 0. The van der Waals surface area contributed by atoms with Gasteiger partial charge in [0.25, 0.3) is 0 Å². The first-order valence-corrected chi connectivity index (χ1v) is 5.12. The minimum Gasteiger partial charge on any atom is -0.243 e. The first-order valence-electron chi connectivity index (χ1n) is 4.15. The van der Waals surface area contributed by atoms with E-state index in [1.165, 1.54) is 17.6 Å². The van der Waals surface area contributed by atoms with E-state index in [9.17, 15) is 0 Å². The van der Waals surface area contributed by atoms with Crippen LogP contribution in [-0.2, 0) is 0 Å². The van der Waals surface area contributed by atoms with Crippen LogP contribution in [0.5, 0.6) is 0 Å². The largest absolute Gasteiger partial charge is 0.243 e. The van der Waals surface area contributed by atoms with E-state index in [1.54, 1.807) is 0 Å². The molecule has 0 N–H and O–H groups in total. The standard InChI is InChI=1S/C10H14IN/c1-3-5-10-8-12(11)7-6-9(10)4-2/h3-5H,1,6-8H2,2H3/b9-4-,10-5-. The maximum absolute atomic E-state index is 3.72. The van der Waals surface area contributed by atoms with Crippen LogP contribution >= 0.6 is 22.9 Å². The predicted molar refractivity (Wildman–Crippen MR) is 62.2 cm³/mol. The Morgan fingerprint density at radius 3 is 2.83 bits per heavy atom. The molecule has 1 nitrogen and oxygen atoms in total. The van der Waals surface area contributed by atoms with E-state index < -0.39 is 0 Å². The van der Waals surface area contributed by atoms with Gasteiger partial charge in [-0.1, -0.05) is 24.8 Å². The molecule has 12 heavy (non-hydrogen) atoms. The summed E-state index contributed by atoms with van der Waals surface area (Å²) in [5, 5.41) is 0. The Bertz CT molecular complexity index is 228. The summed E-state index contributed by atoms with van der Waals surface area (Å²) in [7, 11) is 0. The zero-order valence-electron chi connectivity index (χ0n) is 7.39. The summed E-state index contributed by atoms with van der Waals surface area (Å²) < 4.78 is 2.31. The third-order valence-electron chi connectivity index (χ3n) is 2.05. The van der Waals surface area contributed by atoms with Gasteiger partial charge in [-0.2, -0.15) is 0 Å². The van der Waals surface area contributed by atoms with Gasteiger partial charge in [-0.25, -0.2) is 3.11 Å². The summed E-state index contributed by atoms with van der Waals surface area (Å²) in [6.45, 7) is 8.04. The topological polar surface area (TPSA) is 3.24 Å². The van der Waals surface area contributed by atoms with E-state index in [-0.39, 0.29) is 0 Å². The molecule has 0 amide bonds. The number of rotatable bonds is 1. The minimum absolute atomic E-state index is 1.05. The highest BCUT2D eigenvalue weighted by atomic mass is 127. The molecule has 0 bridgehead atoms. The molecule has 0 atom stereocenters. The summed E-state index contributed by atoms with van der Waals surface area (Å²) in [6, 6.07) is 0. The molecule has 0 aromatic carbocycles. The predicted octanol–water partition coefficient (Wildman–Crippen LogP) is 3.10. The summed E-state index contributed by atoms with van der Waals surface area (Å²) in [5.41, 5.74) is 2.89. The normalized spacial score (nSPS) is 26.5. The average Bonchev–Trinajstić information content (AvgIpc) is 2.05. The average molecular weight is 275 g/mol. The summed E-state index contributed by atoms with van der Waals surface area (Å²) >= 11 is 2.37. The Morgan fingerprint density at radius 2 is 2.25 bits per heavy atom. The van der Waals surface area contributed by atoms with Gasteiger partial charge in [-0.05, 0) is 24.5 Å². The number of allylic oxidation sites excluding steroid dienone is 3. The van der Waals surface area contributed by atoms with Crippen LogP contribution in [0, 0.1) is 0 Å². The highest BCUT2D eigenvalue weighted by molar-refractivity contribution is 14.1. The molecule has 66 valence electrons. The fraction of sp³-hybridized carbons (Fsp3) is 0.400. The van der Waals surface area contributed by atoms with Crippen molar-refractivity contribution < 1.29 is 0 Å². The lowest BCUT2D eigenvalue weighted by atomic mass is 9.99. The first kappa shape index (κ1) is 9.99. The molecule has 1 fully saturated rings. The van der Waals surface area contributed by atoms with Gasteiger partial charge in [0.2, 0.25) is 0 Å². The number of halogens is 1. The Morgan fingerprint density at radius 1 is 1.50 bits per heavy atom. The Hall–Kier alpha value is -0.0900. The van der Waals surface area contributed by atoms with E-state index in [4.69, 9.17) is 0 Å². The zero-order valence-corrected chi connectivity index (χ0v) is 9.54. The van der Waals surface area contributed by atoms with Gasteiger partial charge >= 0.3 is 0 Å². The monoisotopic (exact) mass is 275 g/mol. The maximum atomic E-state index is 3.72. The zero-order chi connectivity index (χ0) is 8.97. The van der Waals surface area contributed by atoms with Crippen molar-refractivity contribution in [3.63, 3.8) is 0 Å². The quantitative estimate of drug-likeness (QED) is 0.525. The lowest BCUT2D eigenvalue weighted by molar-refractivity contribution is 0.520. The van der Waals surface area contributed by atoms with Crippen molar-refractivity contribution in [2.45, 2.75) is 13.3 Å². The lowest BCUT2D eigenvalue weighted by Crippen LogP contribution is -2.23. The van der Waals surface area contributed by atoms with Gasteiger partial charge < -0.3 is 0 Å². The van der Waals surface area contributed by atoms with Crippen LogP contribution in [0.25, 0.3) is 0 Å². The number of hydrogen-bond donors (Lipinski definition) is 0. The Kier molecular flexibility index (Phi) is 4.01. The second kappa shape index (κ2) is 4.82. The van der Waals surface area contributed by atoms with Gasteiger partial charge in [-0.3, -0.25) is 0 Å². The Balaban J connectivity index is 2.78. The molecule has 1 saturated heterocycles. The second-order valence-electron chi connectivity index (χ2n) is 2.84. The van der Waals surface area contributed by atoms with Crippen molar-refractivity contribution in [1.29, 1.82) is 0 Å². The van der Waals surface area contributed by atoms with Crippen LogP contribution < -0.4 is 0 Å². The SMILES string of the molecule is C=C/C=C1/CN(I)CC/C1=C/C. The molecule has 2 heteroatoms. The number of nitrogens with zero attached hydrogens (tertiary/aromatic N) is 1. The van der Waals surface area contributed by atoms with Gasteiger partial charge in [0, 0.05) is 36.0 Å². The summed E-state index contributed by atoms with van der Waals surface area (Å²) in [4.78, 5) is 0. The van der Waals surface area contributed by atoms with E-state index in [0.717, 1.165) is 13.1 Å². The van der Waals surface area contributed by atoms with E-state index in [1.807, 2.05) is 6.08 Å². The summed E-state index contributed by atoms with van der Waals surface area (Å²) in [6.07, 6.45) is 7.35. The Labute approximate surface area is 88.3 Å². The highest BCUT2D eigenvalue weighted by Crippen LogP contribution is 2.23. The van der Waals surface area contributed by atoms with E-state index in [2.05, 4.69) is 51.6 Å². The van der Waals surface area contributed by atoms with Crippen molar-refractivity contribution in [2.75, 3.05) is 13.1 Å². The molecular formula is C10H14IN. The van der Waals surface area contributed by atoms with Crippen molar-refractivity contribution >= 4 is 22.9 Å². The molecule has 0 aromatic heterocycles. The molecule has 0 aliphatic carbocycles. The van der Waals surface area contributed by atoms with E-state index in [0.29, 0.717) is 0 Å². The second-order valence-corrected chi connectivity index (χ2v) is 4.20. The lowest BCUT2D eigenvalue weighted by Gasteiger charge is -2.24. The number of piperidine rings is 1. The van der Waals surface area contributed by atoms with Crippen molar-refractivity contribution in [1.82, 2.24) is 3.11 Å². The van der Waals surface area contributed by atoms with E-state index >= 15 is 0 Å².